The molecule has 4 rings (SSSR count). The van der Waals surface area contributed by atoms with Crippen LogP contribution >= 0.6 is 0 Å². The first-order chi connectivity index (χ1) is 14.5. The van der Waals surface area contributed by atoms with Crippen LogP contribution in [0, 0.1) is 25.2 Å². The van der Waals surface area contributed by atoms with Crippen LogP contribution in [0.4, 0.5) is 5.69 Å². The maximum Gasteiger partial charge on any atom is 0.258 e. The molecule has 146 valence electrons. The number of fused-ring (bicyclic) bond motifs is 1. The van der Waals surface area contributed by atoms with E-state index in [1.165, 1.54) is 17.8 Å². The summed E-state index contributed by atoms with van der Waals surface area (Å²) in [5.41, 5.74) is 5.27. The van der Waals surface area contributed by atoms with Crippen LogP contribution in [0.25, 0.3) is 22.3 Å². The second-order valence-corrected chi connectivity index (χ2v) is 7.16. The van der Waals surface area contributed by atoms with Gasteiger partial charge in [0.2, 0.25) is 0 Å². The number of rotatable bonds is 3. The molecule has 0 radical (unpaired) electrons. The Hall–Kier alpha value is -4.11. The first-order valence-corrected chi connectivity index (χ1v) is 9.45. The third-order valence-electron chi connectivity index (χ3n) is 4.98. The number of nitriles is 1. The Bertz CT molecular complexity index is 1320. The van der Waals surface area contributed by atoms with Crippen molar-refractivity contribution in [1.29, 1.82) is 5.26 Å². The zero-order valence-electron chi connectivity index (χ0n) is 16.9. The van der Waals surface area contributed by atoms with Gasteiger partial charge in [-0.05, 0) is 61.9 Å². The minimum absolute atomic E-state index is 0.206. The maximum absolute atomic E-state index is 12.9. The molecule has 6 heteroatoms. The Kier molecular flexibility index (Phi) is 4.95. The van der Waals surface area contributed by atoms with Gasteiger partial charge in [0, 0.05) is 41.6 Å². The molecular formula is C24H19N5O. The van der Waals surface area contributed by atoms with Crippen LogP contribution in [-0.4, -0.2) is 27.9 Å². The highest BCUT2D eigenvalue weighted by Crippen LogP contribution is 2.27. The number of hydrogen-bond acceptors (Lipinski definition) is 5. The van der Waals surface area contributed by atoms with E-state index in [-0.39, 0.29) is 11.6 Å². The number of carbonyl (C=O) groups excluding carboxylic acids is 1. The number of benzene rings is 2. The van der Waals surface area contributed by atoms with Crippen molar-refractivity contribution in [2.45, 2.75) is 13.8 Å². The van der Waals surface area contributed by atoms with Crippen molar-refractivity contribution in [3.05, 3.63) is 83.3 Å². The summed E-state index contributed by atoms with van der Waals surface area (Å²) < 4.78 is 0. The number of anilines is 1. The minimum atomic E-state index is -0.206. The summed E-state index contributed by atoms with van der Waals surface area (Å²) in [5.74, 6) is 0.435. The fourth-order valence-electron chi connectivity index (χ4n) is 3.39. The topological polar surface area (TPSA) is 82.8 Å². The summed E-state index contributed by atoms with van der Waals surface area (Å²) in [6, 6.07) is 16.9. The summed E-state index contributed by atoms with van der Waals surface area (Å²) in [6.07, 6.45) is 3.30. The van der Waals surface area contributed by atoms with Gasteiger partial charge in [0.05, 0.1) is 5.52 Å². The van der Waals surface area contributed by atoms with Crippen molar-refractivity contribution in [1.82, 2.24) is 15.0 Å². The van der Waals surface area contributed by atoms with Gasteiger partial charge in [0.1, 0.15) is 11.8 Å². The SMILES string of the molecule is Cc1ccc2nc(-c3ccc(N(C)C(=O)c4ccnc(C#N)c4)c(C)c3)ncc2c1. The molecule has 0 spiro atoms. The first kappa shape index (κ1) is 19.2. The predicted molar refractivity (Wildman–Crippen MR) is 116 cm³/mol. The van der Waals surface area contributed by atoms with E-state index in [2.05, 4.69) is 21.0 Å². The normalized spacial score (nSPS) is 10.6. The molecule has 0 bridgehead atoms. The molecule has 2 aromatic carbocycles. The van der Waals surface area contributed by atoms with Crippen molar-refractivity contribution < 1.29 is 4.79 Å². The van der Waals surface area contributed by atoms with E-state index in [1.807, 2.05) is 56.4 Å². The second kappa shape index (κ2) is 7.72. The van der Waals surface area contributed by atoms with Crippen LogP contribution in [0.3, 0.4) is 0 Å². The molecular weight excluding hydrogens is 374 g/mol. The van der Waals surface area contributed by atoms with E-state index in [4.69, 9.17) is 5.26 Å². The molecule has 0 atom stereocenters. The largest absolute Gasteiger partial charge is 0.311 e. The van der Waals surface area contributed by atoms with E-state index in [0.29, 0.717) is 11.4 Å². The van der Waals surface area contributed by atoms with Gasteiger partial charge in [-0.25, -0.2) is 15.0 Å². The van der Waals surface area contributed by atoms with Gasteiger partial charge in [0.15, 0.2) is 5.82 Å². The predicted octanol–water partition coefficient (Wildman–Crippen LogP) is 4.46. The molecule has 0 saturated heterocycles. The number of carbonyl (C=O) groups is 1. The average Bonchev–Trinajstić information content (AvgIpc) is 2.77. The monoisotopic (exact) mass is 393 g/mol. The Morgan fingerprint density at radius 3 is 2.63 bits per heavy atom. The molecule has 6 nitrogen and oxygen atoms in total. The van der Waals surface area contributed by atoms with Gasteiger partial charge in [-0.2, -0.15) is 5.26 Å². The van der Waals surface area contributed by atoms with E-state index in [0.717, 1.165) is 27.7 Å². The molecule has 4 aromatic rings. The number of pyridine rings is 1. The van der Waals surface area contributed by atoms with Gasteiger partial charge in [-0.3, -0.25) is 4.79 Å². The highest BCUT2D eigenvalue weighted by Gasteiger charge is 2.17. The average molecular weight is 393 g/mol. The van der Waals surface area contributed by atoms with Gasteiger partial charge in [0.25, 0.3) is 5.91 Å². The summed E-state index contributed by atoms with van der Waals surface area (Å²) in [4.78, 5) is 27.5. The summed E-state index contributed by atoms with van der Waals surface area (Å²) in [5, 5.41) is 10.0. The second-order valence-electron chi connectivity index (χ2n) is 7.16. The van der Waals surface area contributed by atoms with Gasteiger partial charge in [-0.1, -0.05) is 11.6 Å². The van der Waals surface area contributed by atoms with Crippen LogP contribution in [0.5, 0.6) is 0 Å². The zero-order chi connectivity index (χ0) is 21.3. The molecule has 2 aromatic heterocycles. The third kappa shape index (κ3) is 3.61. The van der Waals surface area contributed by atoms with Crippen LogP contribution in [-0.2, 0) is 0 Å². The fourth-order valence-corrected chi connectivity index (χ4v) is 3.39. The van der Waals surface area contributed by atoms with Crippen LogP contribution in [0.2, 0.25) is 0 Å². The molecule has 0 saturated carbocycles. The standard InChI is InChI=1S/C24H19N5O/c1-15-4-6-21-19(10-15)14-27-23(28-21)17-5-7-22(16(2)11-17)29(3)24(30)18-8-9-26-20(12-18)13-25/h4-12,14H,1-3H3. The molecule has 30 heavy (non-hydrogen) atoms. The van der Waals surface area contributed by atoms with Gasteiger partial charge < -0.3 is 4.90 Å². The highest BCUT2D eigenvalue weighted by molar-refractivity contribution is 6.06. The van der Waals surface area contributed by atoms with Crippen LogP contribution < -0.4 is 4.90 Å². The maximum atomic E-state index is 12.9. The Morgan fingerprint density at radius 2 is 1.87 bits per heavy atom. The number of amides is 1. The van der Waals surface area contributed by atoms with Crippen molar-refractivity contribution in [2.24, 2.45) is 0 Å². The Balaban J connectivity index is 1.65. The summed E-state index contributed by atoms with van der Waals surface area (Å²) in [6.45, 7) is 3.99. The Labute approximate surface area is 174 Å². The molecule has 0 aliphatic carbocycles. The molecule has 1 amide bonds. The van der Waals surface area contributed by atoms with Gasteiger partial charge >= 0.3 is 0 Å². The highest BCUT2D eigenvalue weighted by atomic mass is 16.2. The van der Waals surface area contributed by atoms with E-state index in [1.54, 1.807) is 18.0 Å². The molecule has 0 aliphatic heterocycles. The van der Waals surface area contributed by atoms with E-state index < -0.39 is 0 Å². The van der Waals surface area contributed by atoms with Crippen molar-refractivity contribution >= 4 is 22.5 Å². The van der Waals surface area contributed by atoms with Crippen LogP contribution in [0.15, 0.2) is 60.9 Å². The summed E-state index contributed by atoms with van der Waals surface area (Å²) in [7, 11) is 1.71. The molecule has 0 N–H and O–H groups in total. The molecule has 0 unspecified atom stereocenters. The number of aromatic nitrogens is 3. The molecule has 2 heterocycles. The quantitative estimate of drug-likeness (QED) is 0.513. The summed E-state index contributed by atoms with van der Waals surface area (Å²) >= 11 is 0. The first-order valence-electron chi connectivity index (χ1n) is 9.45. The number of nitrogens with zero attached hydrogens (tertiary/aromatic N) is 5. The van der Waals surface area contributed by atoms with Crippen molar-refractivity contribution in [3.8, 4) is 17.5 Å². The molecule has 0 aliphatic rings. The number of hydrogen-bond donors (Lipinski definition) is 0. The lowest BCUT2D eigenvalue weighted by Gasteiger charge is -2.20. The lowest BCUT2D eigenvalue weighted by molar-refractivity contribution is 0.0992. The van der Waals surface area contributed by atoms with E-state index in [9.17, 15) is 4.79 Å². The number of aryl methyl sites for hydroxylation is 2. The van der Waals surface area contributed by atoms with Gasteiger partial charge in [-0.15, -0.1) is 0 Å². The minimum Gasteiger partial charge on any atom is -0.311 e. The lowest BCUT2D eigenvalue weighted by atomic mass is 10.1. The fraction of sp³-hybridized carbons (Fsp3) is 0.125. The lowest BCUT2D eigenvalue weighted by Crippen LogP contribution is -2.27. The van der Waals surface area contributed by atoms with Crippen molar-refractivity contribution in [2.75, 3.05) is 11.9 Å². The van der Waals surface area contributed by atoms with Crippen molar-refractivity contribution in [3.63, 3.8) is 0 Å². The van der Waals surface area contributed by atoms with E-state index >= 15 is 0 Å². The smallest absolute Gasteiger partial charge is 0.258 e. The Morgan fingerprint density at radius 1 is 1.03 bits per heavy atom. The third-order valence-corrected chi connectivity index (χ3v) is 4.98. The molecule has 0 fully saturated rings. The van der Waals surface area contributed by atoms with Crippen LogP contribution in [0.1, 0.15) is 27.2 Å². The zero-order valence-corrected chi connectivity index (χ0v) is 16.9.